The second kappa shape index (κ2) is 4.01. The van der Waals surface area contributed by atoms with Gasteiger partial charge in [0.15, 0.2) is 0 Å². The molecule has 1 atom stereocenters. The van der Waals surface area contributed by atoms with E-state index in [-0.39, 0.29) is 5.56 Å². The van der Waals surface area contributed by atoms with E-state index in [9.17, 15) is 8.78 Å². The zero-order valence-electron chi connectivity index (χ0n) is 7.14. The number of nitrogens with one attached hydrogen (secondary N) is 1. The van der Waals surface area contributed by atoms with Crippen LogP contribution in [0, 0.1) is 24.0 Å². The van der Waals surface area contributed by atoms with E-state index in [1.165, 1.54) is 12.1 Å². The van der Waals surface area contributed by atoms with Crippen molar-refractivity contribution in [3.8, 4) is 12.3 Å². The van der Waals surface area contributed by atoms with E-state index in [0.29, 0.717) is 0 Å². The molecule has 0 aliphatic rings. The zero-order chi connectivity index (χ0) is 9.84. The number of hydrogen-bond acceptors (Lipinski definition) is 1. The van der Waals surface area contributed by atoms with Gasteiger partial charge in [-0.15, -0.1) is 6.42 Å². The molecule has 3 heteroatoms. The molecule has 0 aromatic heterocycles. The highest BCUT2D eigenvalue weighted by atomic mass is 19.1. The average molecular weight is 181 g/mol. The summed E-state index contributed by atoms with van der Waals surface area (Å²) in [5, 5.41) is 2.73. The summed E-state index contributed by atoms with van der Waals surface area (Å²) in [6.45, 7) is 0. The van der Waals surface area contributed by atoms with Crippen LogP contribution in [0.2, 0.25) is 0 Å². The fraction of sp³-hybridized carbons (Fsp3) is 0.200. The lowest BCUT2D eigenvalue weighted by molar-refractivity contribution is 0.558. The van der Waals surface area contributed by atoms with E-state index in [4.69, 9.17) is 6.42 Å². The fourth-order valence-electron chi connectivity index (χ4n) is 1.06. The van der Waals surface area contributed by atoms with Gasteiger partial charge >= 0.3 is 0 Å². The largest absolute Gasteiger partial charge is 0.303 e. The minimum Gasteiger partial charge on any atom is -0.303 e. The van der Waals surface area contributed by atoms with Crippen molar-refractivity contribution in [1.29, 1.82) is 0 Å². The van der Waals surface area contributed by atoms with Crippen molar-refractivity contribution in [3.63, 3.8) is 0 Å². The molecule has 0 spiro atoms. The van der Waals surface area contributed by atoms with E-state index in [1.54, 1.807) is 7.05 Å². The van der Waals surface area contributed by atoms with Gasteiger partial charge in [0.1, 0.15) is 11.6 Å². The molecule has 1 aromatic carbocycles. The van der Waals surface area contributed by atoms with Crippen molar-refractivity contribution >= 4 is 0 Å². The molecule has 68 valence electrons. The smallest absolute Gasteiger partial charge is 0.131 e. The van der Waals surface area contributed by atoms with Gasteiger partial charge in [0.25, 0.3) is 0 Å². The maximum atomic E-state index is 13.1. The van der Waals surface area contributed by atoms with Gasteiger partial charge in [0.05, 0.1) is 6.04 Å². The van der Waals surface area contributed by atoms with Crippen molar-refractivity contribution in [2.45, 2.75) is 6.04 Å². The highest BCUT2D eigenvalue weighted by molar-refractivity contribution is 5.27. The number of halogens is 2. The van der Waals surface area contributed by atoms with Gasteiger partial charge < -0.3 is 5.32 Å². The van der Waals surface area contributed by atoms with Crippen LogP contribution < -0.4 is 5.32 Å². The Labute approximate surface area is 75.8 Å². The van der Waals surface area contributed by atoms with Crippen LogP contribution >= 0.6 is 0 Å². The molecule has 1 rings (SSSR count). The summed E-state index contributed by atoms with van der Waals surface area (Å²) in [6, 6.07) is 2.82. The Kier molecular flexibility index (Phi) is 2.99. The van der Waals surface area contributed by atoms with Crippen molar-refractivity contribution in [2.75, 3.05) is 7.05 Å². The van der Waals surface area contributed by atoms with Gasteiger partial charge in [0.2, 0.25) is 0 Å². The first kappa shape index (κ1) is 9.69. The predicted molar refractivity (Wildman–Crippen MR) is 47.0 cm³/mol. The zero-order valence-corrected chi connectivity index (χ0v) is 7.14. The number of benzene rings is 1. The Morgan fingerprint density at radius 2 is 2.15 bits per heavy atom. The SMILES string of the molecule is C#CC(NC)c1ccc(F)cc1F. The summed E-state index contributed by atoms with van der Waals surface area (Å²) in [5.41, 5.74) is 0.284. The highest BCUT2D eigenvalue weighted by Crippen LogP contribution is 2.16. The van der Waals surface area contributed by atoms with Gasteiger partial charge in [-0.05, 0) is 13.1 Å². The molecule has 1 nitrogen and oxygen atoms in total. The van der Waals surface area contributed by atoms with E-state index in [2.05, 4.69) is 11.2 Å². The van der Waals surface area contributed by atoms with Crippen LogP contribution in [0.1, 0.15) is 11.6 Å². The van der Waals surface area contributed by atoms with Crippen LogP contribution in [-0.2, 0) is 0 Å². The lowest BCUT2D eigenvalue weighted by atomic mass is 10.1. The lowest BCUT2D eigenvalue weighted by Crippen LogP contribution is -2.15. The third-order valence-corrected chi connectivity index (χ3v) is 1.73. The van der Waals surface area contributed by atoms with E-state index in [0.717, 1.165) is 6.07 Å². The van der Waals surface area contributed by atoms with Crippen LogP contribution in [0.25, 0.3) is 0 Å². The molecule has 0 aliphatic heterocycles. The molecule has 0 aliphatic carbocycles. The molecule has 1 aromatic rings. The summed E-state index contributed by atoms with van der Waals surface area (Å²) >= 11 is 0. The number of hydrogen-bond donors (Lipinski definition) is 1. The molecule has 1 N–H and O–H groups in total. The van der Waals surface area contributed by atoms with Crippen LogP contribution in [0.15, 0.2) is 18.2 Å². The third-order valence-electron chi connectivity index (χ3n) is 1.73. The molecular weight excluding hydrogens is 172 g/mol. The molecule has 0 saturated carbocycles. The first-order valence-corrected chi connectivity index (χ1v) is 3.77. The van der Waals surface area contributed by atoms with Gasteiger partial charge in [-0.2, -0.15) is 0 Å². The Hall–Kier alpha value is -1.40. The Balaban J connectivity index is 3.09. The Morgan fingerprint density at radius 1 is 1.46 bits per heavy atom. The standard InChI is InChI=1S/C10H9F2N/c1-3-10(13-2)8-5-4-7(11)6-9(8)12/h1,4-6,10,13H,2H3. The van der Waals surface area contributed by atoms with Crippen molar-refractivity contribution in [2.24, 2.45) is 0 Å². The van der Waals surface area contributed by atoms with Crippen molar-refractivity contribution < 1.29 is 8.78 Å². The minimum absolute atomic E-state index is 0.284. The average Bonchev–Trinajstić information content (AvgIpc) is 2.10. The summed E-state index contributed by atoms with van der Waals surface area (Å²) in [5.74, 6) is 1.12. The summed E-state index contributed by atoms with van der Waals surface area (Å²) in [7, 11) is 1.62. The number of rotatable bonds is 2. The van der Waals surface area contributed by atoms with Crippen LogP contribution in [0.3, 0.4) is 0 Å². The molecule has 0 amide bonds. The van der Waals surface area contributed by atoms with Gasteiger partial charge in [-0.1, -0.05) is 12.0 Å². The van der Waals surface area contributed by atoms with E-state index in [1.807, 2.05) is 0 Å². The Morgan fingerprint density at radius 3 is 2.62 bits per heavy atom. The molecule has 0 bridgehead atoms. The Bertz CT molecular complexity index is 341. The summed E-state index contributed by atoms with van der Waals surface area (Å²) in [4.78, 5) is 0. The van der Waals surface area contributed by atoms with Gasteiger partial charge in [0, 0.05) is 11.6 Å². The number of terminal acetylenes is 1. The van der Waals surface area contributed by atoms with Crippen LogP contribution in [0.5, 0.6) is 0 Å². The van der Waals surface area contributed by atoms with E-state index >= 15 is 0 Å². The predicted octanol–water partition coefficient (Wildman–Crippen LogP) is 1.86. The second-order valence-electron chi connectivity index (χ2n) is 2.55. The molecule has 0 saturated heterocycles. The lowest BCUT2D eigenvalue weighted by Gasteiger charge is -2.10. The highest BCUT2D eigenvalue weighted by Gasteiger charge is 2.11. The molecular formula is C10H9F2N. The molecule has 0 radical (unpaired) electrons. The van der Waals surface area contributed by atoms with Crippen molar-refractivity contribution in [3.05, 3.63) is 35.4 Å². The molecule has 0 heterocycles. The van der Waals surface area contributed by atoms with Crippen LogP contribution in [0.4, 0.5) is 8.78 Å². The van der Waals surface area contributed by atoms with E-state index < -0.39 is 17.7 Å². The topological polar surface area (TPSA) is 12.0 Å². The van der Waals surface area contributed by atoms with Gasteiger partial charge in [-0.25, -0.2) is 8.78 Å². The van der Waals surface area contributed by atoms with Gasteiger partial charge in [-0.3, -0.25) is 0 Å². The van der Waals surface area contributed by atoms with Crippen LogP contribution in [-0.4, -0.2) is 7.05 Å². The first-order valence-electron chi connectivity index (χ1n) is 3.77. The third kappa shape index (κ3) is 2.04. The monoisotopic (exact) mass is 181 g/mol. The minimum atomic E-state index is -0.627. The summed E-state index contributed by atoms with van der Waals surface area (Å²) in [6.07, 6.45) is 5.15. The quantitative estimate of drug-likeness (QED) is 0.686. The first-order chi connectivity index (χ1) is 6.19. The van der Waals surface area contributed by atoms with Crippen molar-refractivity contribution in [1.82, 2.24) is 5.32 Å². The molecule has 1 unspecified atom stereocenters. The normalized spacial score (nSPS) is 12.2. The second-order valence-corrected chi connectivity index (χ2v) is 2.55. The molecule has 13 heavy (non-hydrogen) atoms. The summed E-state index contributed by atoms with van der Waals surface area (Å²) < 4.78 is 25.6. The fourth-order valence-corrected chi connectivity index (χ4v) is 1.06. The molecule has 0 fully saturated rings. The maximum Gasteiger partial charge on any atom is 0.131 e. The maximum absolute atomic E-state index is 13.1.